The van der Waals surface area contributed by atoms with Crippen LogP contribution in [-0.4, -0.2) is 26.2 Å². The topological polar surface area (TPSA) is 76.1 Å². The molecule has 0 amide bonds. The molecule has 0 unspecified atom stereocenters. The van der Waals surface area contributed by atoms with Gasteiger partial charge in [-0.15, -0.1) is 0 Å². The van der Waals surface area contributed by atoms with E-state index in [1.165, 1.54) is 0 Å². The summed E-state index contributed by atoms with van der Waals surface area (Å²) in [4.78, 5) is 8.36. The highest BCUT2D eigenvalue weighted by atomic mass is 35.5. The molecular weight excluding hydrogens is 315 g/mol. The van der Waals surface area contributed by atoms with E-state index >= 15 is 0 Å². The SMILES string of the molecule is OCCn1cc(Cl)c2c(NCc3ccco3)nc(Cl)nc21. The van der Waals surface area contributed by atoms with Crippen LogP contribution in [0.2, 0.25) is 10.3 Å². The molecule has 110 valence electrons. The van der Waals surface area contributed by atoms with Gasteiger partial charge in [-0.05, 0) is 23.7 Å². The number of furan rings is 1. The fourth-order valence-electron chi connectivity index (χ4n) is 2.10. The standard InChI is InChI=1S/C13H12Cl2N4O2/c14-9-7-19(3-4-20)12-10(9)11(17-13(15)18-12)16-6-8-2-1-5-21-8/h1-2,5,7,20H,3-4,6H2,(H,16,17,18). The van der Waals surface area contributed by atoms with Crippen LogP contribution >= 0.6 is 23.2 Å². The van der Waals surface area contributed by atoms with E-state index in [0.29, 0.717) is 35.0 Å². The van der Waals surface area contributed by atoms with E-state index in [9.17, 15) is 0 Å². The van der Waals surface area contributed by atoms with Crippen LogP contribution in [0.15, 0.2) is 29.0 Å². The van der Waals surface area contributed by atoms with Crippen LogP contribution in [0, 0.1) is 0 Å². The molecule has 3 rings (SSSR count). The lowest BCUT2D eigenvalue weighted by Gasteiger charge is -2.07. The van der Waals surface area contributed by atoms with Crippen LogP contribution in [0.1, 0.15) is 5.76 Å². The van der Waals surface area contributed by atoms with Gasteiger partial charge in [0.15, 0.2) is 0 Å². The molecule has 3 heterocycles. The fourth-order valence-corrected chi connectivity index (χ4v) is 2.56. The number of aromatic nitrogens is 3. The number of rotatable bonds is 5. The Morgan fingerprint density at radius 1 is 1.33 bits per heavy atom. The van der Waals surface area contributed by atoms with Crippen molar-refractivity contribution < 1.29 is 9.52 Å². The second-order valence-corrected chi connectivity index (χ2v) is 5.11. The van der Waals surface area contributed by atoms with Crippen LogP contribution in [0.5, 0.6) is 0 Å². The molecule has 0 fully saturated rings. The lowest BCUT2D eigenvalue weighted by molar-refractivity contribution is 0.278. The maximum absolute atomic E-state index is 9.09. The number of nitrogens with one attached hydrogen (secondary N) is 1. The normalized spacial score (nSPS) is 11.2. The Labute approximate surface area is 130 Å². The zero-order valence-corrected chi connectivity index (χ0v) is 12.4. The fraction of sp³-hybridized carbons (Fsp3) is 0.231. The lowest BCUT2D eigenvalue weighted by Crippen LogP contribution is -2.05. The maximum Gasteiger partial charge on any atom is 0.226 e. The number of halogens is 2. The van der Waals surface area contributed by atoms with E-state index in [1.807, 2.05) is 12.1 Å². The Hall–Kier alpha value is -1.76. The maximum atomic E-state index is 9.09. The first-order chi connectivity index (χ1) is 10.2. The largest absolute Gasteiger partial charge is 0.467 e. The Balaban J connectivity index is 2.00. The third-order valence-electron chi connectivity index (χ3n) is 2.99. The van der Waals surface area contributed by atoms with Crippen molar-refractivity contribution in [1.82, 2.24) is 14.5 Å². The van der Waals surface area contributed by atoms with E-state index in [-0.39, 0.29) is 11.9 Å². The van der Waals surface area contributed by atoms with E-state index in [2.05, 4.69) is 15.3 Å². The first-order valence-corrected chi connectivity index (χ1v) is 7.03. The van der Waals surface area contributed by atoms with E-state index in [1.54, 1.807) is 17.0 Å². The first-order valence-electron chi connectivity index (χ1n) is 6.28. The van der Waals surface area contributed by atoms with E-state index < -0.39 is 0 Å². The van der Waals surface area contributed by atoms with E-state index in [0.717, 1.165) is 5.76 Å². The summed E-state index contributed by atoms with van der Waals surface area (Å²) < 4.78 is 7.00. The van der Waals surface area contributed by atoms with Gasteiger partial charge >= 0.3 is 0 Å². The molecule has 6 nitrogen and oxygen atoms in total. The minimum absolute atomic E-state index is 0.0170. The first kappa shape index (κ1) is 14.2. The van der Waals surface area contributed by atoms with Crippen LogP contribution in [-0.2, 0) is 13.1 Å². The molecule has 0 saturated carbocycles. The number of hydrogen-bond acceptors (Lipinski definition) is 5. The number of nitrogens with zero attached hydrogens (tertiary/aromatic N) is 3. The summed E-state index contributed by atoms with van der Waals surface area (Å²) >= 11 is 12.2. The molecule has 8 heteroatoms. The van der Waals surface area contributed by atoms with Crippen molar-refractivity contribution in [3.8, 4) is 0 Å². The molecule has 0 aliphatic heterocycles. The predicted molar refractivity (Wildman–Crippen MR) is 80.7 cm³/mol. The lowest BCUT2D eigenvalue weighted by atomic mass is 10.3. The van der Waals surface area contributed by atoms with Crippen LogP contribution < -0.4 is 5.32 Å². The molecule has 0 atom stereocenters. The third kappa shape index (κ3) is 2.83. The molecule has 21 heavy (non-hydrogen) atoms. The molecule has 0 aromatic carbocycles. The van der Waals surface area contributed by atoms with Crippen molar-refractivity contribution in [3.05, 3.63) is 40.7 Å². The summed E-state index contributed by atoms with van der Waals surface area (Å²) in [5, 5.41) is 13.5. The van der Waals surface area contributed by atoms with Crippen LogP contribution in [0.25, 0.3) is 11.0 Å². The summed E-state index contributed by atoms with van der Waals surface area (Å²) in [5.41, 5.74) is 0.580. The zero-order valence-electron chi connectivity index (χ0n) is 10.9. The Bertz CT molecular complexity index is 755. The molecule has 0 spiro atoms. The highest BCUT2D eigenvalue weighted by Gasteiger charge is 2.15. The number of aliphatic hydroxyl groups excluding tert-OH is 1. The smallest absolute Gasteiger partial charge is 0.226 e. The Kier molecular flexibility index (Phi) is 4.01. The quantitative estimate of drug-likeness (QED) is 0.705. The van der Waals surface area contributed by atoms with E-state index in [4.69, 9.17) is 32.7 Å². The van der Waals surface area contributed by atoms with Crippen LogP contribution in [0.4, 0.5) is 5.82 Å². The molecule has 0 bridgehead atoms. The van der Waals surface area contributed by atoms with Gasteiger partial charge in [-0.25, -0.2) is 0 Å². The van der Waals surface area contributed by atoms with Gasteiger partial charge in [0.05, 0.1) is 29.8 Å². The number of hydrogen-bond donors (Lipinski definition) is 2. The van der Waals surface area contributed by atoms with Gasteiger partial charge in [0.1, 0.15) is 17.2 Å². The summed E-state index contributed by atoms with van der Waals surface area (Å²) in [7, 11) is 0. The summed E-state index contributed by atoms with van der Waals surface area (Å²) in [5.74, 6) is 1.30. The monoisotopic (exact) mass is 326 g/mol. The molecule has 2 N–H and O–H groups in total. The average molecular weight is 327 g/mol. The van der Waals surface area contributed by atoms with Crippen molar-refractivity contribution in [1.29, 1.82) is 0 Å². The molecule has 3 aromatic heterocycles. The highest BCUT2D eigenvalue weighted by molar-refractivity contribution is 6.36. The van der Waals surface area contributed by atoms with Crippen molar-refractivity contribution in [3.63, 3.8) is 0 Å². The van der Waals surface area contributed by atoms with Gasteiger partial charge in [0, 0.05) is 12.7 Å². The highest BCUT2D eigenvalue weighted by Crippen LogP contribution is 2.31. The third-order valence-corrected chi connectivity index (χ3v) is 3.45. The second kappa shape index (κ2) is 5.93. The van der Waals surface area contributed by atoms with Crippen molar-refractivity contribution in [2.24, 2.45) is 0 Å². The average Bonchev–Trinajstić information content (AvgIpc) is 3.06. The second-order valence-electron chi connectivity index (χ2n) is 4.37. The summed E-state index contributed by atoms with van der Waals surface area (Å²) in [6.07, 6.45) is 3.30. The minimum atomic E-state index is -0.0170. The van der Waals surface area contributed by atoms with Crippen LogP contribution in [0.3, 0.4) is 0 Å². The molecule has 3 aromatic rings. The number of anilines is 1. The molecule has 0 aliphatic carbocycles. The number of aliphatic hydroxyl groups is 1. The summed E-state index contributed by atoms with van der Waals surface area (Å²) in [6.45, 7) is 0.821. The Morgan fingerprint density at radius 3 is 2.90 bits per heavy atom. The van der Waals surface area contributed by atoms with Gasteiger partial charge in [-0.3, -0.25) is 0 Å². The summed E-state index contributed by atoms with van der Waals surface area (Å²) in [6, 6.07) is 3.66. The van der Waals surface area contributed by atoms with Crippen molar-refractivity contribution in [2.45, 2.75) is 13.1 Å². The molecule has 0 radical (unpaired) electrons. The Morgan fingerprint density at radius 2 is 2.19 bits per heavy atom. The minimum Gasteiger partial charge on any atom is -0.467 e. The zero-order chi connectivity index (χ0) is 14.8. The molecular formula is C13H12Cl2N4O2. The van der Waals surface area contributed by atoms with Crippen molar-refractivity contribution >= 4 is 40.1 Å². The van der Waals surface area contributed by atoms with Gasteiger partial charge in [-0.2, -0.15) is 9.97 Å². The van der Waals surface area contributed by atoms with Gasteiger partial charge < -0.3 is 19.4 Å². The van der Waals surface area contributed by atoms with Gasteiger partial charge in [-0.1, -0.05) is 11.6 Å². The van der Waals surface area contributed by atoms with Crippen molar-refractivity contribution in [2.75, 3.05) is 11.9 Å². The number of fused-ring (bicyclic) bond motifs is 1. The molecule has 0 aliphatic rings. The molecule has 0 saturated heterocycles. The predicted octanol–water partition coefficient (Wildman–Crippen LogP) is 2.94. The van der Waals surface area contributed by atoms with Gasteiger partial charge in [0.2, 0.25) is 5.28 Å². The van der Waals surface area contributed by atoms with Gasteiger partial charge in [0.25, 0.3) is 0 Å².